The Labute approximate surface area is 203 Å². The first-order chi connectivity index (χ1) is 16.0. The Morgan fingerprint density at radius 3 is 2.24 bits per heavy atom. The second kappa shape index (κ2) is 9.88. The van der Waals surface area contributed by atoms with E-state index in [1.54, 1.807) is 72.8 Å². The van der Waals surface area contributed by atoms with E-state index < -0.39 is 5.91 Å². The third-order valence-electron chi connectivity index (χ3n) is 4.70. The Morgan fingerprint density at radius 1 is 0.939 bits per heavy atom. The van der Waals surface area contributed by atoms with Gasteiger partial charge in [-0.25, -0.2) is 0 Å². The van der Waals surface area contributed by atoms with Gasteiger partial charge >= 0.3 is 0 Å². The third-order valence-corrected chi connectivity index (χ3v) is 6.47. The van der Waals surface area contributed by atoms with E-state index in [-0.39, 0.29) is 15.8 Å². The van der Waals surface area contributed by atoms with Gasteiger partial charge in [0.25, 0.3) is 11.5 Å². The zero-order chi connectivity index (χ0) is 23.4. The van der Waals surface area contributed by atoms with Crippen LogP contribution in [0.1, 0.15) is 5.56 Å². The van der Waals surface area contributed by atoms with Gasteiger partial charge in [-0.15, -0.1) is 11.3 Å². The van der Waals surface area contributed by atoms with Crippen LogP contribution in [0.2, 0.25) is 10.0 Å². The maximum atomic E-state index is 13.4. The van der Waals surface area contributed by atoms with Crippen LogP contribution < -0.4 is 20.1 Å². The first-order valence-electron chi connectivity index (χ1n) is 9.73. The minimum absolute atomic E-state index is 0.205. The number of carbonyl (C=O) groups excluding carboxylic acids is 1. The fourth-order valence-corrected chi connectivity index (χ4v) is 4.60. The van der Waals surface area contributed by atoms with Gasteiger partial charge < -0.3 is 5.32 Å². The zero-order valence-corrected chi connectivity index (χ0v) is 19.3. The third kappa shape index (κ3) is 4.76. The molecule has 0 aliphatic heterocycles. The van der Waals surface area contributed by atoms with Gasteiger partial charge in [-0.1, -0.05) is 71.7 Å². The number of benzene rings is 3. The molecule has 0 saturated heterocycles. The summed E-state index contributed by atoms with van der Waals surface area (Å²) in [4.78, 5) is 26.4. The van der Waals surface area contributed by atoms with Crippen LogP contribution in [-0.4, -0.2) is 10.5 Å². The highest BCUT2D eigenvalue weighted by Gasteiger charge is 2.18. The number of aromatic nitrogens is 1. The number of amides is 1. The molecule has 0 bridgehead atoms. The number of carbonyl (C=O) groups is 1. The standard InChI is InChI=1S/C25H15Cl2N3O2S/c26-19-11-5-4-8-16(19)14-22-24(32)30(17-9-2-1-3-10-17)25(33-22)18(15-28)23(31)29-21-13-7-6-12-20(21)27/h1-14H,(H,29,31). The van der Waals surface area contributed by atoms with Crippen LogP contribution in [0.3, 0.4) is 0 Å². The fourth-order valence-electron chi connectivity index (χ4n) is 3.14. The van der Waals surface area contributed by atoms with Gasteiger partial charge in [0.2, 0.25) is 0 Å². The van der Waals surface area contributed by atoms with E-state index in [4.69, 9.17) is 23.2 Å². The number of para-hydroxylation sites is 2. The average Bonchev–Trinajstić information content (AvgIpc) is 3.13. The molecule has 33 heavy (non-hydrogen) atoms. The second-order valence-corrected chi connectivity index (χ2v) is 8.68. The van der Waals surface area contributed by atoms with E-state index in [2.05, 4.69) is 5.32 Å². The molecule has 1 amide bonds. The highest BCUT2D eigenvalue weighted by Crippen LogP contribution is 2.21. The molecule has 0 spiro atoms. The fraction of sp³-hybridized carbons (Fsp3) is 0. The molecule has 0 unspecified atom stereocenters. The summed E-state index contributed by atoms with van der Waals surface area (Å²) in [6.07, 6.45) is 1.65. The van der Waals surface area contributed by atoms with Crippen LogP contribution >= 0.6 is 34.5 Å². The first-order valence-corrected chi connectivity index (χ1v) is 11.3. The van der Waals surface area contributed by atoms with E-state index in [1.807, 2.05) is 18.2 Å². The Balaban J connectivity index is 1.98. The second-order valence-electron chi connectivity index (χ2n) is 6.83. The van der Waals surface area contributed by atoms with E-state index in [1.165, 1.54) is 4.57 Å². The highest BCUT2D eigenvalue weighted by atomic mass is 35.5. The van der Waals surface area contributed by atoms with Crippen LogP contribution in [0.5, 0.6) is 0 Å². The summed E-state index contributed by atoms with van der Waals surface area (Å²) < 4.78 is 1.90. The summed E-state index contributed by atoms with van der Waals surface area (Å²) in [6.45, 7) is 0. The SMILES string of the molecule is N#CC(C(=O)Nc1ccccc1Cl)=c1sc(=Cc2ccccc2Cl)c(=O)n1-c1ccccc1. The number of rotatable bonds is 4. The lowest BCUT2D eigenvalue weighted by molar-refractivity contribution is -0.111. The number of nitriles is 1. The molecule has 0 fully saturated rings. The molecular formula is C25H15Cl2N3O2S. The number of halogens is 2. The molecule has 8 heteroatoms. The lowest BCUT2D eigenvalue weighted by atomic mass is 10.2. The monoisotopic (exact) mass is 491 g/mol. The largest absolute Gasteiger partial charge is 0.320 e. The smallest absolute Gasteiger partial charge is 0.273 e. The molecule has 0 radical (unpaired) electrons. The molecular weight excluding hydrogens is 477 g/mol. The van der Waals surface area contributed by atoms with Gasteiger partial charge in [0.15, 0.2) is 5.57 Å². The van der Waals surface area contributed by atoms with Gasteiger partial charge in [0.05, 0.1) is 20.9 Å². The highest BCUT2D eigenvalue weighted by molar-refractivity contribution is 7.07. The number of anilines is 1. The Bertz CT molecular complexity index is 1570. The number of thiazole rings is 1. The lowest BCUT2D eigenvalue weighted by Gasteiger charge is -2.07. The van der Waals surface area contributed by atoms with Gasteiger partial charge in [0, 0.05) is 5.02 Å². The first kappa shape index (κ1) is 22.6. The van der Waals surface area contributed by atoms with Crippen LogP contribution in [-0.2, 0) is 4.79 Å². The summed E-state index contributed by atoms with van der Waals surface area (Å²) in [7, 11) is 0. The van der Waals surface area contributed by atoms with Crippen LogP contribution in [0.4, 0.5) is 5.69 Å². The van der Waals surface area contributed by atoms with Gasteiger partial charge in [0.1, 0.15) is 10.7 Å². The zero-order valence-electron chi connectivity index (χ0n) is 17.0. The van der Waals surface area contributed by atoms with Crippen molar-refractivity contribution in [2.24, 2.45) is 0 Å². The Kier molecular flexibility index (Phi) is 6.76. The van der Waals surface area contributed by atoms with Crippen molar-refractivity contribution >= 4 is 57.8 Å². The molecule has 4 rings (SSSR count). The van der Waals surface area contributed by atoms with Gasteiger partial charge in [-0.3, -0.25) is 14.2 Å². The van der Waals surface area contributed by atoms with Crippen LogP contribution in [0, 0.1) is 11.3 Å². The van der Waals surface area contributed by atoms with Gasteiger partial charge in [-0.05, 0) is 42.0 Å². The van der Waals surface area contributed by atoms with E-state index >= 15 is 0 Å². The minimum Gasteiger partial charge on any atom is -0.320 e. The van der Waals surface area contributed by atoms with Crippen molar-refractivity contribution in [3.8, 4) is 11.8 Å². The van der Waals surface area contributed by atoms with Gasteiger partial charge in [-0.2, -0.15) is 5.26 Å². The number of hydrogen-bond acceptors (Lipinski definition) is 4. The summed E-state index contributed by atoms with van der Waals surface area (Å²) in [5.41, 5.74) is 0.984. The Morgan fingerprint density at radius 2 is 1.58 bits per heavy atom. The predicted molar refractivity (Wildman–Crippen MR) is 133 cm³/mol. The molecule has 0 aliphatic rings. The molecule has 4 aromatic rings. The van der Waals surface area contributed by atoms with E-state index in [0.717, 1.165) is 11.3 Å². The minimum atomic E-state index is -0.666. The van der Waals surface area contributed by atoms with E-state index in [0.29, 0.717) is 31.5 Å². The maximum absolute atomic E-state index is 13.4. The van der Waals surface area contributed by atoms with Crippen LogP contribution in [0.25, 0.3) is 17.3 Å². The quantitative estimate of drug-likeness (QED) is 0.461. The van der Waals surface area contributed by atoms with Crippen LogP contribution in [0.15, 0.2) is 83.7 Å². The van der Waals surface area contributed by atoms with Crippen molar-refractivity contribution in [1.82, 2.24) is 4.57 Å². The molecule has 1 heterocycles. The van der Waals surface area contributed by atoms with Crippen molar-refractivity contribution in [3.05, 3.63) is 114 Å². The number of hydrogen-bond donors (Lipinski definition) is 1. The number of nitrogens with zero attached hydrogens (tertiary/aromatic N) is 2. The van der Waals surface area contributed by atoms with Crippen molar-refractivity contribution < 1.29 is 4.79 Å². The summed E-state index contributed by atoms with van der Waals surface area (Å²) in [5.74, 6) is -0.666. The molecule has 0 saturated carbocycles. The number of nitrogens with one attached hydrogen (secondary N) is 1. The topological polar surface area (TPSA) is 74.9 Å². The molecule has 5 nitrogen and oxygen atoms in total. The Hall–Kier alpha value is -3.63. The summed E-state index contributed by atoms with van der Waals surface area (Å²) in [5, 5.41) is 13.4. The summed E-state index contributed by atoms with van der Waals surface area (Å²) >= 11 is 13.5. The molecule has 162 valence electrons. The molecule has 0 aliphatic carbocycles. The van der Waals surface area contributed by atoms with Crippen molar-refractivity contribution in [1.29, 1.82) is 5.26 Å². The van der Waals surface area contributed by atoms with Crippen molar-refractivity contribution in [3.63, 3.8) is 0 Å². The molecule has 1 N–H and O–H groups in total. The van der Waals surface area contributed by atoms with Crippen molar-refractivity contribution in [2.45, 2.75) is 0 Å². The molecule has 3 aromatic carbocycles. The van der Waals surface area contributed by atoms with Crippen molar-refractivity contribution in [2.75, 3.05) is 5.32 Å². The average molecular weight is 492 g/mol. The maximum Gasteiger partial charge on any atom is 0.273 e. The lowest BCUT2D eigenvalue weighted by Crippen LogP contribution is -2.32. The molecule has 0 atom stereocenters. The molecule has 1 aromatic heterocycles. The predicted octanol–water partition coefficient (Wildman–Crippen LogP) is 4.35. The summed E-state index contributed by atoms with van der Waals surface area (Å²) in [6, 6.07) is 24.6. The normalized spacial score (nSPS) is 12.2. The van der Waals surface area contributed by atoms with E-state index in [9.17, 15) is 14.9 Å².